The van der Waals surface area contributed by atoms with Crippen molar-refractivity contribution >= 4 is 23.3 Å². The fourth-order valence-corrected chi connectivity index (χ4v) is 6.71. The second-order valence-corrected chi connectivity index (χ2v) is 15.8. The third kappa shape index (κ3) is 8.70. The smallest absolute Gasteiger partial charge is 0.119 e. The lowest BCUT2D eigenvalue weighted by atomic mass is 10.0. The molecule has 8 heteroatoms. The molecule has 4 N–H and O–H groups in total. The maximum atomic E-state index is 6.14. The minimum absolute atomic E-state index is 0.697. The van der Waals surface area contributed by atoms with Gasteiger partial charge in [0.1, 0.15) is 11.5 Å². The van der Waals surface area contributed by atoms with Crippen LogP contribution in [0.4, 0.5) is 0 Å². The number of aromatic amines is 4. The second-order valence-electron chi connectivity index (χ2n) is 15.8. The average molecular weight is 697 g/mol. The Balaban J connectivity index is 1.28. The SMILES string of the molecule is C[N+](C)(C)CCCOc1ccc(C2=c3ccc([nH]3)=Cc3ccc([nH]3)C=c3ccc([nH]3)=C(c3ccc(OCCC[N+](C)(C)C)cc3)c3ccc2[nH]3)cc1. The van der Waals surface area contributed by atoms with Gasteiger partial charge in [-0.15, -0.1) is 0 Å². The Morgan fingerprint density at radius 2 is 0.865 bits per heavy atom. The normalized spacial score (nSPS) is 13.1. The number of fused-ring (bicyclic) bond motifs is 8. The summed E-state index contributed by atoms with van der Waals surface area (Å²) in [7, 11) is 13.3. The van der Waals surface area contributed by atoms with E-state index in [1.165, 1.54) is 0 Å². The van der Waals surface area contributed by atoms with Gasteiger partial charge in [-0.05, 0) is 96.1 Å². The van der Waals surface area contributed by atoms with E-state index in [2.05, 4.69) is 171 Å². The summed E-state index contributed by atoms with van der Waals surface area (Å²) in [6.45, 7) is 3.53. The number of aromatic nitrogens is 4. The highest BCUT2D eigenvalue weighted by atomic mass is 16.5. The van der Waals surface area contributed by atoms with Crippen LogP contribution < -0.4 is 30.9 Å². The van der Waals surface area contributed by atoms with Crippen LogP contribution in [-0.2, 0) is 0 Å². The molecule has 1 aliphatic rings. The van der Waals surface area contributed by atoms with Gasteiger partial charge in [-0.25, -0.2) is 0 Å². The van der Waals surface area contributed by atoms with E-state index in [1.54, 1.807) is 0 Å². The number of nitrogens with zero attached hydrogens (tertiary/aromatic N) is 2. The number of nitrogens with one attached hydrogen (secondary N) is 4. The van der Waals surface area contributed by atoms with Crippen LogP contribution in [0.5, 0.6) is 11.5 Å². The fraction of sp³-hybridized carbons (Fsp3) is 0.273. The van der Waals surface area contributed by atoms with Crippen LogP contribution in [0.25, 0.3) is 23.3 Å². The van der Waals surface area contributed by atoms with Crippen LogP contribution in [0.15, 0.2) is 97.1 Å². The lowest BCUT2D eigenvalue weighted by Crippen LogP contribution is -2.36. The molecule has 2 aromatic carbocycles. The Morgan fingerprint density at radius 1 is 0.442 bits per heavy atom. The molecular weight excluding hydrogens is 645 g/mol. The molecule has 268 valence electrons. The highest BCUT2D eigenvalue weighted by Gasteiger charge is 2.16. The van der Waals surface area contributed by atoms with E-state index in [0.717, 1.165) is 113 Å². The summed E-state index contributed by atoms with van der Waals surface area (Å²) in [4.78, 5) is 14.7. The standard InChI is InChI=1S/C44H52N6O2/c1-49(2,3)25-7-27-51-37-17-9-31(10-18-37)43-39-21-15-35(46-39)29-33-13-14-34(45-33)30-36-16-22-40(47-36)44(42-24-23-41(43)48-42)32-11-19-38(20-12-32)52-28-8-26-50(4,5)6/h9-24,29-30,45-48H,7-8,25-28H2,1-6H3/q+2. The molecule has 0 saturated carbocycles. The Labute approximate surface area is 306 Å². The van der Waals surface area contributed by atoms with Gasteiger partial charge in [0.2, 0.25) is 0 Å². The summed E-state index contributed by atoms with van der Waals surface area (Å²) in [5.41, 5.74) is 8.44. The van der Waals surface area contributed by atoms with Gasteiger partial charge in [-0.3, -0.25) is 0 Å². The van der Waals surface area contributed by atoms with Crippen molar-refractivity contribution in [3.63, 3.8) is 0 Å². The summed E-state index contributed by atoms with van der Waals surface area (Å²) >= 11 is 0. The third-order valence-corrected chi connectivity index (χ3v) is 9.30. The Bertz CT molecular complexity index is 2210. The average Bonchev–Trinajstić information content (AvgIpc) is 3.93. The molecule has 0 unspecified atom stereocenters. The molecular formula is C44H52N6O2+2. The van der Waals surface area contributed by atoms with E-state index in [-0.39, 0.29) is 0 Å². The van der Waals surface area contributed by atoms with Gasteiger partial charge in [0, 0.05) is 68.2 Å². The molecule has 5 heterocycles. The minimum atomic E-state index is 0.697. The van der Waals surface area contributed by atoms with Crippen molar-refractivity contribution < 1.29 is 18.4 Å². The predicted octanol–water partition coefficient (Wildman–Crippen LogP) is 4.41. The lowest BCUT2D eigenvalue weighted by Gasteiger charge is -2.23. The highest BCUT2D eigenvalue weighted by Crippen LogP contribution is 2.27. The van der Waals surface area contributed by atoms with Crippen molar-refractivity contribution in [3.05, 3.63) is 152 Å². The van der Waals surface area contributed by atoms with Gasteiger partial charge in [0.05, 0.1) is 68.6 Å². The summed E-state index contributed by atoms with van der Waals surface area (Å²) in [6, 6.07) is 34.1. The Hall–Kier alpha value is -5.44. The number of ether oxygens (including phenoxy) is 2. The monoisotopic (exact) mass is 696 g/mol. The van der Waals surface area contributed by atoms with E-state index in [4.69, 9.17) is 9.47 Å². The lowest BCUT2D eigenvalue weighted by molar-refractivity contribution is -0.870. The van der Waals surface area contributed by atoms with Gasteiger partial charge in [-0.2, -0.15) is 0 Å². The molecule has 0 spiro atoms. The molecule has 4 aromatic heterocycles. The molecule has 0 saturated heterocycles. The van der Waals surface area contributed by atoms with E-state index >= 15 is 0 Å². The van der Waals surface area contributed by atoms with Crippen LogP contribution in [0.1, 0.15) is 46.7 Å². The number of hydrogen-bond donors (Lipinski definition) is 4. The topological polar surface area (TPSA) is 81.6 Å². The van der Waals surface area contributed by atoms with Crippen LogP contribution >= 0.6 is 0 Å². The van der Waals surface area contributed by atoms with Crippen LogP contribution in [-0.4, -0.2) is 97.5 Å². The van der Waals surface area contributed by atoms with Crippen molar-refractivity contribution in [2.75, 3.05) is 68.6 Å². The van der Waals surface area contributed by atoms with Crippen LogP contribution in [0.2, 0.25) is 0 Å². The molecule has 0 atom stereocenters. The second kappa shape index (κ2) is 14.7. The van der Waals surface area contributed by atoms with E-state index in [0.29, 0.717) is 13.2 Å². The van der Waals surface area contributed by atoms with Crippen molar-refractivity contribution in [3.8, 4) is 11.5 Å². The fourth-order valence-electron chi connectivity index (χ4n) is 6.71. The van der Waals surface area contributed by atoms with E-state index < -0.39 is 0 Å². The first-order valence-electron chi connectivity index (χ1n) is 18.2. The molecule has 52 heavy (non-hydrogen) atoms. The number of quaternary nitrogens is 2. The van der Waals surface area contributed by atoms with Gasteiger partial charge in [0.15, 0.2) is 0 Å². The van der Waals surface area contributed by atoms with Crippen molar-refractivity contribution in [1.82, 2.24) is 19.9 Å². The largest absolute Gasteiger partial charge is 0.493 e. The maximum absolute atomic E-state index is 6.14. The summed E-state index contributed by atoms with van der Waals surface area (Å²) in [6.07, 6.45) is 6.29. The van der Waals surface area contributed by atoms with Crippen LogP contribution in [0, 0.1) is 0 Å². The van der Waals surface area contributed by atoms with Gasteiger partial charge < -0.3 is 38.4 Å². The third-order valence-electron chi connectivity index (χ3n) is 9.30. The van der Waals surface area contributed by atoms with Crippen molar-refractivity contribution in [2.24, 2.45) is 0 Å². The zero-order chi connectivity index (χ0) is 36.3. The number of hydrogen-bond acceptors (Lipinski definition) is 2. The van der Waals surface area contributed by atoms with E-state index in [1.807, 2.05) is 0 Å². The quantitative estimate of drug-likeness (QED) is 0.113. The van der Waals surface area contributed by atoms with Gasteiger partial charge in [-0.1, -0.05) is 24.3 Å². The van der Waals surface area contributed by atoms with Crippen molar-refractivity contribution in [1.29, 1.82) is 0 Å². The van der Waals surface area contributed by atoms with Crippen molar-refractivity contribution in [2.45, 2.75) is 12.8 Å². The predicted molar refractivity (Wildman–Crippen MR) is 211 cm³/mol. The van der Waals surface area contributed by atoms with Gasteiger partial charge in [0.25, 0.3) is 0 Å². The Morgan fingerprint density at radius 3 is 1.27 bits per heavy atom. The molecule has 6 aromatic rings. The first-order chi connectivity index (χ1) is 25.0. The zero-order valence-corrected chi connectivity index (χ0v) is 31.3. The number of rotatable bonds is 12. The Kier molecular flexibility index (Phi) is 9.86. The molecule has 8 nitrogen and oxygen atoms in total. The molecule has 0 fully saturated rings. The van der Waals surface area contributed by atoms with Gasteiger partial charge >= 0.3 is 0 Å². The first kappa shape index (κ1) is 35.0. The summed E-state index contributed by atoms with van der Waals surface area (Å²) < 4.78 is 14.1. The molecule has 1 aliphatic heterocycles. The minimum Gasteiger partial charge on any atom is -0.493 e. The number of benzene rings is 2. The van der Waals surface area contributed by atoms with E-state index in [9.17, 15) is 0 Å². The molecule has 0 aliphatic carbocycles. The zero-order valence-electron chi connectivity index (χ0n) is 31.3. The molecule has 0 radical (unpaired) electrons. The molecule has 7 rings (SSSR count). The molecule has 8 bridgehead atoms. The highest BCUT2D eigenvalue weighted by molar-refractivity contribution is 5.82. The first-order valence-corrected chi connectivity index (χ1v) is 18.2. The van der Waals surface area contributed by atoms with Crippen LogP contribution in [0.3, 0.4) is 0 Å². The number of H-pyrrole nitrogens is 4. The summed E-state index contributed by atoms with van der Waals surface area (Å²) in [5, 5.41) is 4.09. The molecule has 0 amide bonds. The maximum Gasteiger partial charge on any atom is 0.119 e. The summed E-state index contributed by atoms with van der Waals surface area (Å²) in [5.74, 6) is 1.76.